The zero-order valence-electron chi connectivity index (χ0n) is 9.80. The van der Waals surface area contributed by atoms with E-state index in [9.17, 15) is 13.2 Å². The van der Waals surface area contributed by atoms with Crippen LogP contribution >= 0.6 is 0 Å². The molecule has 1 aliphatic carbocycles. The number of halogens is 3. The number of nitrogens with one attached hydrogen (secondary N) is 1. The molecule has 1 heterocycles. The second-order valence-corrected chi connectivity index (χ2v) is 4.74. The van der Waals surface area contributed by atoms with Gasteiger partial charge in [-0.15, -0.1) is 0 Å². The summed E-state index contributed by atoms with van der Waals surface area (Å²) in [5, 5.41) is 2.45. The van der Waals surface area contributed by atoms with Crippen molar-refractivity contribution in [2.45, 2.75) is 37.6 Å². The van der Waals surface area contributed by atoms with Gasteiger partial charge in [-0.3, -0.25) is 4.90 Å². The van der Waals surface area contributed by atoms with Crippen molar-refractivity contribution in [3.05, 3.63) is 0 Å². The molecule has 1 N–H and O–H groups in total. The smallest absolute Gasteiger partial charge is 0.375 e. The van der Waals surface area contributed by atoms with Gasteiger partial charge in [-0.1, -0.05) is 0 Å². The monoisotopic (exact) mass is 252 g/mol. The fourth-order valence-corrected chi connectivity index (χ4v) is 2.74. The standard InChI is InChI=1S/C11H19F3N2O/c12-11(13,14)8-15-4-5-16-6-7-17-10-3-1-2-9(10)16/h9-10,15H,1-8H2. The van der Waals surface area contributed by atoms with Crippen molar-refractivity contribution >= 4 is 0 Å². The van der Waals surface area contributed by atoms with Crippen LogP contribution in [-0.2, 0) is 4.74 Å². The summed E-state index contributed by atoms with van der Waals surface area (Å²) in [6.07, 6.45) is -0.421. The fourth-order valence-electron chi connectivity index (χ4n) is 2.74. The molecule has 1 saturated heterocycles. The van der Waals surface area contributed by atoms with Gasteiger partial charge in [0, 0.05) is 25.7 Å². The summed E-state index contributed by atoms with van der Waals surface area (Å²) in [5.41, 5.74) is 0. The summed E-state index contributed by atoms with van der Waals surface area (Å²) in [5.74, 6) is 0. The highest BCUT2D eigenvalue weighted by Crippen LogP contribution is 2.29. The van der Waals surface area contributed by atoms with E-state index in [-0.39, 0.29) is 0 Å². The maximum Gasteiger partial charge on any atom is 0.401 e. The highest BCUT2D eigenvalue weighted by Gasteiger charge is 2.35. The molecule has 2 unspecified atom stereocenters. The molecule has 0 bridgehead atoms. The lowest BCUT2D eigenvalue weighted by Gasteiger charge is -2.37. The minimum Gasteiger partial charge on any atom is -0.375 e. The van der Waals surface area contributed by atoms with Crippen molar-refractivity contribution in [1.29, 1.82) is 0 Å². The van der Waals surface area contributed by atoms with Crippen LogP contribution in [0.1, 0.15) is 19.3 Å². The fraction of sp³-hybridized carbons (Fsp3) is 1.00. The second-order valence-electron chi connectivity index (χ2n) is 4.74. The van der Waals surface area contributed by atoms with E-state index in [4.69, 9.17) is 4.74 Å². The lowest BCUT2D eigenvalue weighted by atomic mass is 10.1. The van der Waals surface area contributed by atoms with Gasteiger partial charge in [-0.2, -0.15) is 13.2 Å². The third-order valence-electron chi connectivity index (χ3n) is 3.50. The Labute approximate surface area is 99.3 Å². The Morgan fingerprint density at radius 2 is 2.12 bits per heavy atom. The van der Waals surface area contributed by atoms with Gasteiger partial charge in [0.25, 0.3) is 0 Å². The summed E-state index contributed by atoms with van der Waals surface area (Å²) < 4.78 is 41.5. The highest BCUT2D eigenvalue weighted by molar-refractivity contribution is 4.89. The van der Waals surface area contributed by atoms with E-state index in [0.29, 0.717) is 31.8 Å². The van der Waals surface area contributed by atoms with Gasteiger partial charge in [-0.05, 0) is 19.3 Å². The lowest BCUT2D eigenvalue weighted by Crippen LogP contribution is -2.50. The van der Waals surface area contributed by atoms with Crippen LogP contribution in [0, 0.1) is 0 Å². The Balaban J connectivity index is 1.68. The maximum absolute atomic E-state index is 11.9. The van der Waals surface area contributed by atoms with Crippen molar-refractivity contribution in [3.8, 4) is 0 Å². The number of nitrogens with zero attached hydrogens (tertiary/aromatic N) is 1. The zero-order valence-corrected chi connectivity index (χ0v) is 9.80. The van der Waals surface area contributed by atoms with Crippen molar-refractivity contribution in [2.24, 2.45) is 0 Å². The Bertz CT molecular complexity index is 247. The topological polar surface area (TPSA) is 24.5 Å². The number of ether oxygens (including phenoxy) is 1. The molecule has 0 amide bonds. The molecule has 0 aromatic carbocycles. The van der Waals surface area contributed by atoms with E-state index >= 15 is 0 Å². The minimum atomic E-state index is -4.11. The average molecular weight is 252 g/mol. The molecule has 100 valence electrons. The molecule has 1 aliphatic heterocycles. The van der Waals surface area contributed by atoms with Crippen LogP contribution in [-0.4, -0.2) is 56.0 Å². The largest absolute Gasteiger partial charge is 0.401 e. The van der Waals surface area contributed by atoms with Crippen molar-refractivity contribution in [3.63, 3.8) is 0 Å². The van der Waals surface area contributed by atoms with E-state index in [2.05, 4.69) is 10.2 Å². The van der Waals surface area contributed by atoms with Crippen LogP contribution in [0.25, 0.3) is 0 Å². The van der Waals surface area contributed by atoms with Gasteiger partial charge in [-0.25, -0.2) is 0 Å². The first-order valence-corrected chi connectivity index (χ1v) is 6.19. The Morgan fingerprint density at radius 1 is 1.29 bits per heavy atom. The van der Waals surface area contributed by atoms with Crippen molar-refractivity contribution in [1.82, 2.24) is 10.2 Å². The van der Waals surface area contributed by atoms with Gasteiger partial charge < -0.3 is 10.1 Å². The van der Waals surface area contributed by atoms with E-state index < -0.39 is 12.7 Å². The normalized spacial score (nSPS) is 30.5. The van der Waals surface area contributed by atoms with Gasteiger partial charge in [0.1, 0.15) is 0 Å². The number of morpholine rings is 1. The summed E-state index contributed by atoms with van der Waals surface area (Å²) in [6.45, 7) is 1.73. The van der Waals surface area contributed by atoms with E-state index in [1.165, 1.54) is 6.42 Å². The maximum atomic E-state index is 11.9. The van der Waals surface area contributed by atoms with E-state index in [0.717, 1.165) is 19.4 Å². The van der Waals surface area contributed by atoms with Gasteiger partial charge >= 0.3 is 6.18 Å². The molecule has 0 radical (unpaired) electrons. The summed E-state index contributed by atoms with van der Waals surface area (Å²) in [4.78, 5) is 2.27. The van der Waals surface area contributed by atoms with Crippen LogP contribution in [0.3, 0.4) is 0 Å². The number of hydrogen-bond donors (Lipinski definition) is 1. The SMILES string of the molecule is FC(F)(F)CNCCN1CCOC2CCCC21. The molecule has 17 heavy (non-hydrogen) atoms. The predicted octanol–water partition coefficient (Wildman–Crippen LogP) is 1.39. The number of rotatable bonds is 4. The van der Waals surface area contributed by atoms with E-state index in [1.54, 1.807) is 0 Å². The second kappa shape index (κ2) is 5.54. The lowest BCUT2D eigenvalue weighted by molar-refractivity contribution is -0.125. The predicted molar refractivity (Wildman–Crippen MR) is 57.9 cm³/mol. The first-order valence-electron chi connectivity index (χ1n) is 6.19. The molecule has 0 aromatic heterocycles. The molecular formula is C11H19F3N2O. The highest BCUT2D eigenvalue weighted by atomic mass is 19.4. The zero-order chi connectivity index (χ0) is 12.3. The van der Waals surface area contributed by atoms with Gasteiger partial charge in [0.15, 0.2) is 0 Å². The molecule has 2 rings (SSSR count). The van der Waals surface area contributed by atoms with Gasteiger partial charge in [0.2, 0.25) is 0 Å². The van der Waals surface area contributed by atoms with Crippen LogP contribution in [0.4, 0.5) is 13.2 Å². The third-order valence-corrected chi connectivity index (χ3v) is 3.50. The third kappa shape index (κ3) is 3.82. The molecule has 2 atom stereocenters. The van der Waals surface area contributed by atoms with Crippen LogP contribution in [0.5, 0.6) is 0 Å². The first kappa shape index (κ1) is 13.1. The summed E-state index contributed by atoms with van der Waals surface area (Å²) in [6, 6.07) is 0.427. The molecule has 2 aliphatic rings. The number of alkyl halides is 3. The Kier molecular flexibility index (Phi) is 4.27. The minimum absolute atomic E-state index is 0.311. The molecular weight excluding hydrogens is 233 g/mol. The Hall–Kier alpha value is -0.330. The van der Waals surface area contributed by atoms with Gasteiger partial charge in [0.05, 0.1) is 19.3 Å². The Morgan fingerprint density at radius 3 is 2.88 bits per heavy atom. The molecule has 1 saturated carbocycles. The van der Waals surface area contributed by atoms with Crippen LogP contribution in [0.2, 0.25) is 0 Å². The molecule has 2 fully saturated rings. The van der Waals surface area contributed by atoms with Crippen molar-refractivity contribution in [2.75, 3.05) is 32.8 Å². The molecule has 6 heteroatoms. The first-order chi connectivity index (χ1) is 8.06. The molecule has 3 nitrogen and oxygen atoms in total. The van der Waals surface area contributed by atoms with Crippen LogP contribution in [0.15, 0.2) is 0 Å². The van der Waals surface area contributed by atoms with Crippen LogP contribution < -0.4 is 5.32 Å². The summed E-state index contributed by atoms with van der Waals surface area (Å²) >= 11 is 0. The molecule has 0 spiro atoms. The number of hydrogen-bond acceptors (Lipinski definition) is 3. The average Bonchev–Trinajstić information content (AvgIpc) is 2.71. The van der Waals surface area contributed by atoms with Crippen molar-refractivity contribution < 1.29 is 17.9 Å². The summed E-state index contributed by atoms with van der Waals surface area (Å²) in [7, 11) is 0. The number of fused-ring (bicyclic) bond motifs is 1. The molecule has 0 aromatic rings. The van der Waals surface area contributed by atoms with E-state index in [1.807, 2.05) is 0 Å². The quantitative estimate of drug-likeness (QED) is 0.765.